The molecule has 17 heavy (non-hydrogen) atoms. The molecular formula is C15H17NO. The Kier molecular flexibility index (Phi) is 3.66. The van der Waals surface area contributed by atoms with Gasteiger partial charge >= 0.3 is 0 Å². The summed E-state index contributed by atoms with van der Waals surface area (Å²) >= 11 is 0. The number of methoxy groups -OCH3 is 1. The van der Waals surface area contributed by atoms with Crippen LogP contribution >= 0.6 is 0 Å². The molecule has 0 saturated carbocycles. The Morgan fingerprint density at radius 1 is 0.941 bits per heavy atom. The molecule has 88 valence electrons. The summed E-state index contributed by atoms with van der Waals surface area (Å²) in [5, 5.41) is 0. The predicted octanol–water partition coefficient (Wildman–Crippen LogP) is 3.33. The van der Waals surface area contributed by atoms with Gasteiger partial charge in [0, 0.05) is 19.3 Å². The number of rotatable bonds is 4. The monoisotopic (exact) mass is 227 g/mol. The summed E-state index contributed by atoms with van der Waals surface area (Å²) in [6.07, 6.45) is 0. The smallest absolute Gasteiger partial charge is 0.119 e. The molecule has 0 aromatic heterocycles. The van der Waals surface area contributed by atoms with Gasteiger partial charge in [-0.1, -0.05) is 30.3 Å². The lowest BCUT2D eigenvalue weighted by molar-refractivity contribution is 0.415. The van der Waals surface area contributed by atoms with E-state index in [2.05, 4.69) is 48.3 Å². The van der Waals surface area contributed by atoms with Crippen molar-refractivity contribution >= 4 is 5.69 Å². The zero-order valence-electron chi connectivity index (χ0n) is 10.3. The van der Waals surface area contributed by atoms with Gasteiger partial charge in [-0.2, -0.15) is 0 Å². The maximum absolute atomic E-state index is 5.15. The van der Waals surface area contributed by atoms with E-state index in [1.807, 2.05) is 18.2 Å². The lowest BCUT2D eigenvalue weighted by atomic mass is 10.2. The first-order chi connectivity index (χ1) is 8.29. The Bertz CT molecular complexity index is 450. The second-order valence-electron chi connectivity index (χ2n) is 4.04. The third-order valence-corrected chi connectivity index (χ3v) is 2.78. The minimum absolute atomic E-state index is 0.891. The highest BCUT2D eigenvalue weighted by atomic mass is 16.5. The highest BCUT2D eigenvalue weighted by Crippen LogP contribution is 2.19. The van der Waals surface area contributed by atoms with Gasteiger partial charge in [0.25, 0.3) is 0 Å². The third kappa shape index (κ3) is 3.00. The Hall–Kier alpha value is -1.96. The van der Waals surface area contributed by atoms with Crippen LogP contribution in [0, 0.1) is 0 Å². The van der Waals surface area contributed by atoms with Crippen LogP contribution in [0.3, 0.4) is 0 Å². The van der Waals surface area contributed by atoms with Gasteiger partial charge < -0.3 is 9.64 Å². The van der Waals surface area contributed by atoms with E-state index in [1.165, 1.54) is 11.3 Å². The number of hydrogen-bond donors (Lipinski definition) is 0. The van der Waals surface area contributed by atoms with Crippen molar-refractivity contribution in [3.05, 3.63) is 60.2 Å². The maximum Gasteiger partial charge on any atom is 0.119 e. The topological polar surface area (TPSA) is 12.5 Å². The van der Waals surface area contributed by atoms with Crippen LogP contribution in [0.1, 0.15) is 5.56 Å². The molecule has 2 rings (SSSR count). The molecule has 0 heterocycles. The van der Waals surface area contributed by atoms with Gasteiger partial charge in [-0.15, -0.1) is 0 Å². The van der Waals surface area contributed by atoms with E-state index in [4.69, 9.17) is 4.74 Å². The number of nitrogens with zero attached hydrogens (tertiary/aromatic N) is 1. The molecule has 0 fully saturated rings. The molecule has 0 aliphatic heterocycles. The molecule has 0 atom stereocenters. The summed E-state index contributed by atoms with van der Waals surface area (Å²) in [4.78, 5) is 2.22. The maximum atomic E-state index is 5.15. The van der Waals surface area contributed by atoms with Crippen LogP contribution < -0.4 is 9.64 Å². The van der Waals surface area contributed by atoms with Gasteiger partial charge in [-0.25, -0.2) is 0 Å². The molecule has 0 radical (unpaired) electrons. The van der Waals surface area contributed by atoms with Gasteiger partial charge in [-0.3, -0.25) is 0 Å². The fourth-order valence-electron chi connectivity index (χ4n) is 1.79. The normalized spacial score (nSPS) is 10.0. The van der Waals surface area contributed by atoms with Crippen molar-refractivity contribution in [1.29, 1.82) is 0 Å². The Morgan fingerprint density at radius 3 is 2.18 bits per heavy atom. The minimum atomic E-state index is 0.891. The molecule has 0 N–H and O–H groups in total. The molecule has 2 aromatic rings. The summed E-state index contributed by atoms with van der Waals surface area (Å²) in [6.45, 7) is 0.910. The molecule has 0 aliphatic rings. The van der Waals surface area contributed by atoms with Crippen LogP contribution in [0.4, 0.5) is 5.69 Å². The molecule has 0 saturated heterocycles. The van der Waals surface area contributed by atoms with Gasteiger partial charge in [0.05, 0.1) is 7.11 Å². The Morgan fingerprint density at radius 2 is 1.59 bits per heavy atom. The van der Waals surface area contributed by atoms with E-state index in [0.29, 0.717) is 0 Å². The van der Waals surface area contributed by atoms with E-state index in [-0.39, 0.29) is 0 Å². The van der Waals surface area contributed by atoms with Crippen molar-refractivity contribution < 1.29 is 4.74 Å². The van der Waals surface area contributed by atoms with E-state index in [9.17, 15) is 0 Å². The lowest BCUT2D eigenvalue weighted by Crippen LogP contribution is -2.15. The van der Waals surface area contributed by atoms with Gasteiger partial charge in [-0.05, 0) is 29.8 Å². The number of benzene rings is 2. The summed E-state index contributed by atoms with van der Waals surface area (Å²) < 4.78 is 5.15. The molecule has 0 aliphatic carbocycles. The van der Waals surface area contributed by atoms with E-state index in [0.717, 1.165) is 12.3 Å². The molecular weight excluding hydrogens is 210 g/mol. The lowest BCUT2D eigenvalue weighted by Gasteiger charge is -2.19. The van der Waals surface area contributed by atoms with Crippen LogP contribution in [0.2, 0.25) is 0 Å². The van der Waals surface area contributed by atoms with Gasteiger partial charge in [0.1, 0.15) is 5.75 Å². The second kappa shape index (κ2) is 5.39. The fourth-order valence-corrected chi connectivity index (χ4v) is 1.79. The van der Waals surface area contributed by atoms with Crippen LogP contribution in [0.25, 0.3) is 0 Å². The summed E-state index contributed by atoms with van der Waals surface area (Å²) in [7, 11) is 3.78. The van der Waals surface area contributed by atoms with Gasteiger partial charge in [0.2, 0.25) is 0 Å². The molecule has 0 unspecified atom stereocenters. The molecule has 2 nitrogen and oxygen atoms in total. The average molecular weight is 227 g/mol. The SMILES string of the molecule is COc1ccc(N(C)Cc2ccccc2)cc1. The molecule has 2 heteroatoms. The largest absolute Gasteiger partial charge is 0.497 e. The van der Waals surface area contributed by atoms with E-state index >= 15 is 0 Å². The molecule has 0 bridgehead atoms. The van der Waals surface area contributed by atoms with Crippen molar-refractivity contribution in [2.75, 3.05) is 19.1 Å². The summed E-state index contributed by atoms with van der Waals surface area (Å²) in [5.74, 6) is 0.891. The Labute approximate surface area is 102 Å². The van der Waals surface area contributed by atoms with Crippen LogP contribution in [0.5, 0.6) is 5.75 Å². The average Bonchev–Trinajstić information content (AvgIpc) is 2.40. The van der Waals surface area contributed by atoms with Crippen LogP contribution in [-0.4, -0.2) is 14.2 Å². The van der Waals surface area contributed by atoms with Crippen molar-refractivity contribution in [1.82, 2.24) is 0 Å². The summed E-state index contributed by atoms with van der Waals surface area (Å²) in [6, 6.07) is 18.6. The third-order valence-electron chi connectivity index (χ3n) is 2.78. The second-order valence-corrected chi connectivity index (χ2v) is 4.04. The zero-order valence-corrected chi connectivity index (χ0v) is 10.3. The number of ether oxygens (including phenoxy) is 1. The van der Waals surface area contributed by atoms with Crippen molar-refractivity contribution in [2.24, 2.45) is 0 Å². The number of hydrogen-bond acceptors (Lipinski definition) is 2. The number of anilines is 1. The highest BCUT2D eigenvalue weighted by molar-refractivity contribution is 5.48. The highest BCUT2D eigenvalue weighted by Gasteiger charge is 2.01. The summed E-state index contributed by atoms with van der Waals surface area (Å²) in [5.41, 5.74) is 2.50. The molecule has 0 spiro atoms. The van der Waals surface area contributed by atoms with E-state index in [1.54, 1.807) is 7.11 Å². The Balaban J connectivity index is 2.06. The van der Waals surface area contributed by atoms with E-state index < -0.39 is 0 Å². The predicted molar refractivity (Wildman–Crippen MR) is 71.5 cm³/mol. The first kappa shape index (κ1) is 11.5. The zero-order chi connectivity index (χ0) is 12.1. The van der Waals surface area contributed by atoms with Crippen molar-refractivity contribution in [3.63, 3.8) is 0 Å². The van der Waals surface area contributed by atoms with Crippen molar-refractivity contribution in [3.8, 4) is 5.75 Å². The van der Waals surface area contributed by atoms with Gasteiger partial charge in [0.15, 0.2) is 0 Å². The first-order valence-electron chi connectivity index (χ1n) is 5.69. The standard InChI is InChI=1S/C15H17NO/c1-16(12-13-6-4-3-5-7-13)14-8-10-15(17-2)11-9-14/h3-11H,12H2,1-2H3. The van der Waals surface area contributed by atoms with Crippen LogP contribution in [0.15, 0.2) is 54.6 Å². The fraction of sp³-hybridized carbons (Fsp3) is 0.200. The molecule has 0 amide bonds. The molecule has 2 aromatic carbocycles. The minimum Gasteiger partial charge on any atom is -0.497 e. The van der Waals surface area contributed by atoms with Crippen LogP contribution in [-0.2, 0) is 6.54 Å². The quantitative estimate of drug-likeness (QED) is 0.794. The van der Waals surface area contributed by atoms with Crippen molar-refractivity contribution in [2.45, 2.75) is 6.54 Å². The first-order valence-corrected chi connectivity index (χ1v) is 5.69.